The lowest BCUT2D eigenvalue weighted by Gasteiger charge is -2.09. The number of primary amides is 1. The molecule has 86 valence electrons. The van der Waals surface area contributed by atoms with E-state index in [9.17, 15) is 9.90 Å². The zero-order chi connectivity index (χ0) is 12.1. The standard InChI is InChI=1S/C10H13N3O3/c1-16-9-4-6(13-10(12)15)2-3-7(9)8(14)5-11/h2-5,14H,11H2,1H3,(H3,12,13,15)/b8-5-. The Balaban J connectivity index is 3.11. The lowest BCUT2D eigenvalue weighted by molar-refractivity contribution is 0.259. The molecule has 0 unspecified atom stereocenters. The number of rotatable bonds is 3. The number of nitrogens with two attached hydrogens (primary N) is 2. The van der Waals surface area contributed by atoms with E-state index in [1.165, 1.54) is 13.2 Å². The Morgan fingerprint density at radius 3 is 2.75 bits per heavy atom. The van der Waals surface area contributed by atoms with Gasteiger partial charge in [-0.2, -0.15) is 0 Å². The monoisotopic (exact) mass is 223 g/mol. The van der Waals surface area contributed by atoms with Crippen LogP contribution in [0.4, 0.5) is 10.5 Å². The van der Waals surface area contributed by atoms with Crippen LogP contribution in [0.1, 0.15) is 5.56 Å². The summed E-state index contributed by atoms with van der Waals surface area (Å²) in [5, 5.41) is 11.8. The first-order valence-electron chi connectivity index (χ1n) is 4.44. The number of ether oxygens (including phenoxy) is 1. The minimum Gasteiger partial charge on any atom is -0.506 e. The number of urea groups is 1. The number of carbonyl (C=O) groups excluding carboxylic acids is 1. The number of nitrogens with one attached hydrogen (secondary N) is 1. The maximum atomic E-state index is 10.6. The normalized spacial score (nSPS) is 10.9. The van der Waals surface area contributed by atoms with Gasteiger partial charge >= 0.3 is 6.03 Å². The zero-order valence-corrected chi connectivity index (χ0v) is 8.73. The molecule has 1 aromatic rings. The highest BCUT2D eigenvalue weighted by Crippen LogP contribution is 2.27. The molecule has 0 atom stereocenters. The number of hydrogen-bond acceptors (Lipinski definition) is 4. The molecule has 1 rings (SSSR count). The van der Waals surface area contributed by atoms with Crippen LogP contribution in [0.5, 0.6) is 5.75 Å². The maximum absolute atomic E-state index is 10.6. The lowest BCUT2D eigenvalue weighted by atomic mass is 10.1. The van der Waals surface area contributed by atoms with Gasteiger partial charge in [-0.3, -0.25) is 0 Å². The third-order valence-electron chi connectivity index (χ3n) is 1.90. The van der Waals surface area contributed by atoms with Crippen LogP contribution in [0.25, 0.3) is 5.76 Å². The van der Waals surface area contributed by atoms with Gasteiger partial charge < -0.3 is 26.6 Å². The van der Waals surface area contributed by atoms with E-state index in [-0.39, 0.29) is 5.76 Å². The van der Waals surface area contributed by atoms with E-state index in [1.54, 1.807) is 12.1 Å². The number of methoxy groups -OCH3 is 1. The molecule has 0 radical (unpaired) electrons. The second-order valence-electron chi connectivity index (χ2n) is 2.96. The fraction of sp³-hybridized carbons (Fsp3) is 0.100. The molecule has 0 heterocycles. The number of amides is 2. The second kappa shape index (κ2) is 4.92. The Hall–Kier alpha value is -2.37. The zero-order valence-electron chi connectivity index (χ0n) is 8.73. The van der Waals surface area contributed by atoms with E-state index in [4.69, 9.17) is 16.2 Å². The van der Waals surface area contributed by atoms with Gasteiger partial charge in [-0.25, -0.2) is 4.79 Å². The third-order valence-corrected chi connectivity index (χ3v) is 1.90. The quantitative estimate of drug-likeness (QED) is 0.573. The molecule has 2 amide bonds. The van der Waals surface area contributed by atoms with Gasteiger partial charge in [0.15, 0.2) is 0 Å². The average Bonchev–Trinajstić information content (AvgIpc) is 2.27. The third kappa shape index (κ3) is 2.57. The van der Waals surface area contributed by atoms with Crippen molar-refractivity contribution in [2.75, 3.05) is 12.4 Å². The van der Waals surface area contributed by atoms with Gasteiger partial charge in [0.1, 0.15) is 11.5 Å². The van der Waals surface area contributed by atoms with Gasteiger partial charge in [-0.05, 0) is 12.1 Å². The fourth-order valence-corrected chi connectivity index (χ4v) is 1.21. The summed E-state index contributed by atoms with van der Waals surface area (Å²) in [5.41, 5.74) is 11.1. The van der Waals surface area contributed by atoms with Crippen LogP contribution in [0.3, 0.4) is 0 Å². The molecule has 0 spiro atoms. The van der Waals surface area contributed by atoms with Gasteiger partial charge in [-0.1, -0.05) is 0 Å². The highest BCUT2D eigenvalue weighted by molar-refractivity contribution is 5.88. The average molecular weight is 223 g/mol. The van der Waals surface area contributed by atoms with Crippen molar-refractivity contribution in [3.05, 3.63) is 30.0 Å². The number of carbonyl (C=O) groups is 1. The van der Waals surface area contributed by atoms with Crippen LogP contribution in [-0.2, 0) is 0 Å². The van der Waals surface area contributed by atoms with Crippen molar-refractivity contribution in [1.82, 2.24) is 0 Å². The van der Waals surface area contributed by atoms with Crippen LogP contribution < -0.4 is 21.5 Å². The molecule has 0 aromatic heterocycles. The summed E-state index contributed by atoms with van der Waals surface area (Å²) < 4.78 is 5.04. The minimum atomic E-state index is -0.673. The molecule has 0 aliphatic heterocycles. The summed E-state index contributed by atoms with van der Waals surface area (Å²) in [4.78, 5) is 10.6. The van der Waals surface area contributed by atoms with Gasteiger partial charge in [0, 0.05) is 18.0 Å². The summed E-state index contributed by atoms with van der Waals surface area (Å²) >= 11 is 0. The predicted octanol–water partition coefficient (Wildman–Crippen LogP) is 1.00. The molecule has 1 aromatic carbocycles. The van der Waals surface area contributed by atoms with E-state index in [0.717, 1.165) is 6.20 Å². The molecule has 0 aliphatic rings. The summed E-state index contributed by atoms with van der Waals surface area (Å²) in [5.74, 6) is 0.271. The van der Waals surface area contributed by atoms with Crippen molar-refractivity contribution < 1.29 is 14.6 Å². The Kier molecular flexibility index (Phi) is 3.60. The minimum absolute atomic E-state index is 0.109. The first-order chi connectivity index (χ1) is 7.58. The topological polar surface area (TPSA) is 111 Å². The van der Waals surface area contributed by atoms with Crippen LogP contribution >= 0.6 is 0 Å². The van der Waals surface area contributed by atoms with Crippen LogP contribution in [0, 0.1) is 0 Å². The van der Waals surface area contributed by atoms with Gasteiger partial charge in [0.2, 0.25) is 0 Å². The molecule has 0 fully saturated rings. The van der Waals surface area contributed by atoms with Crippen molar-refractivity contribution in [2.24, 2.45) is 11.5 Å². The van der Waals surface area contributed by atoms with Crippen molar-refractivity contribution in [1.29, 1.82) is 0 Å². The van der Waals surface area contributed by atoms with Crippen LogP contribution in [-0.4, -0.2) is 18.2 Å². The molecule has 6 N–H and O–H groups in total. The second-order valence-corrected chi connectivity index (χ2v) is 2.96. The SMILES string of the molecule is COc1cc(NC(N)=O)ccc1/C(O)=C/N. The largest absolute Gasteiger partial charge is 0.506 e. The maximum Gasteiger partial charge on any atom is 0.316 e. The highest BCUT2D eigenvalue weighted by Gasteiger charge is 2.08. The molecule has 6 nitrogen and oxygen atoms in total. The Morgan fingerprint density at radius 1 is 1.56 bits per heavy atom. The predicted molar refractivity (Wildman–Crippen MR) is 61.0 cm³/mol. The Bertz CT molecular complexity index is 429. The van der Waals surface area contributed by atoms with E-state index in [1.807, 2.05) is 0 Å². The Morgan fingerprint density at radius 2 is 2.25 bits per heavy atom. The van der Waals surface area contributed by atoms with Gasteiger partial charge in [0.25, 0.3) is 0 Å². The lowest BCUT2D eigenvalue weighted by Crippen LogP contribution is -2.19. The van der Waals surface area contributed by atoms with E-state index >= 15 is 0 Å². The molecule has 0 saturated carbocycles. The Labute approximate surface area is 92.5 Å². The summed E-state index contributed by atoms with van der Waals surface area (Å²) in [6.45, 7) is 0. The highest BCUT2D eigenvalue weighted by atomic mass is 16.5. The number of hydrogen-bond donors (Lipinski definition) is 4. The molecule has 6 heteroatoms. The molecule has 0 aliphatic carbocycles. The van der Waals surface area contributed by atoms with Gasteiger partial charge in [0.05, 0.1) is 12.7 Å². The molecule has 0 bridgehead atoms. The van der Waals surface area contributed by atoms with E-state index in [0.29, 0.717) is 17.0 Å². The summed E-state index contributed by atoms with van der Waals surface area (Å²) in [6, 6.07) is 3.98. The van der Waals surface area contributed by atoms with Crippen molar-refractivity contribution in [3.63, 3.8) is 0 Å². The van der Waals surface area contributed by atoms with Crippen LogP contribution in [0.2, 0.25) is 0 Å². The van der Waals surface area contributed by atoms with Crippen molar-refractivity contribution in [3.8, 4) is 5.75 Å². The van der Waals surface area contributed by atoms with Crippen molar-refractivity contribution in [2.45, 2.75) is 0 Å². The van der Waals surface area contributed by atoms with Crippen molar-refractivity contribution >= 4 is 17.5 Å². The number of benzene rings is 1. The molecule has 0 saturated heterocycles. The van der Waals surface area contributed by atoms with Gasteiger partial charge in [-0.15, -0.1) is 0 Å². The fourth-order valence-electron chi connectivity index (χ4n) is 1.21. The number of aliphatic hydroxyl groups excluding tert-OH is 1. The molecular weight excluding hydrogens is 210 g/mol. The number of aliphatic hydroxyl groups is 1. The van der Waals surface area contributed by atoms with Crippen LogP contribution in [0.15, 0.2) is 24.4 Å². The summed E-state index contributed by atoms with van der Waals surface area (Å²) in [6.07, 6.45) is 1.05. The summed E-state index contributed by atoms with van der Waals surface area (Å²) in [7, 11) is 1.44. The molecule has 16 heavy (non-hydrogen) atoms. The smallest absolute Gasteiger partial charge is 0.316 e. The van der Waals surface area contributed by atoms with E-state index < -0.39 is 6.03 Å². The number of anilines is 1. The first kappa shape index (κ1) is 11.7. The van der Waals surface area contributed by atoms with E-state index in [2.05, 4.69) is 5.32 Å². The molecular formula is C10H13N3O3. The first-order valence-corrected chi connectivity index (χ1v) is 4.44.